The molecule has 0 radical (unpaired) electrons. The zero-order chi connectivity index (χ0) is 17.3. The number of halogens is 1. The van der Waals surface area contributed by atoms with Gasteiger partial charge in [-0.3, -0.25) is 9.59 Å². The van der Waals surface area contributed by atoms with Crippen molar-refractivity contribution in [3.63, 3.8) is 0 Å². The van der Waals surface area contributed by atoms with Crippen molar-refractivity contribution in [3.8, 4) is 0 Å². The molecule has 25 heavy (non-hydrogen) atoms. The van der Waals surface area contributed by atoms with Gasteiger partial charge in [-0.15, -0.1) is 12.4 Å². The summed E-state index contributed by atoms with van der Waals surface area (Å²) in [4.78, 5) is 26.8. The number of nitrogens with one attached hydrogen (secondary N) is 2. The number of hydrogen-bond acceptors (Lipinski definition) is 3. The van der Waals surface area contributed by atoms with Crippen LogP contribution in [0.25, 0.3) is 0 Å². The molecular weight excluding hydrogens is 338 g/mol. The second-order valence-corrected chi connectivity index (χ2v) is 7.20. The Morgan fingerprint density at radius 1 is 1.24 bits per heavy atom. The second kappa shape index (κ2) is 8.19. The largest absolute Gasteiger partial charge is 0.352 e. The third-order valence-electron chi connectivity index (χ3n) is 5.04. The van der Waals surface area contributed by atoms with Gasteiger partial charge in [0.1, 0.15) is 0 Å². The SMILES string of the molecule is Cc1cc(C)c(N2CC(C(=O)NC3CCCNC3)CC2=O)c(C)c1.Cl. The molecule has 5 nitrogen and oxygen atoms in total. The number of aryl methyl sites for hydroxylation is 3. The zero-order valence-corrected chi connectivity index (χ0v) is 16.0. The van der Waals surface area contributed by atoms with Gasteiger partial charge >= 0.3 is 0 Å². The van der Waals surface area contributed by atoms with Crippen LogP contribution in [0, 0.1) is 26.7 Å². The molecule has 2 heterocycles. The maximum atomic E-state index is 12.5. The highest BCUT2D eigenvalue weighted by molar-refractivity contribution is 6.01. The minimum atomic E-state index is -0.250. The van der Waals surface area contributed by atoms with Crippen LogP contribution in [0.5, 0.6) is 0 Å². The third kappa shape index (κ3) is 4.33. The molecule has 2 atom stereocenters. The lowest BCUT2D eigenvalue weighted by Gasteiger charge is -2.25. The molecule has 1 aromatic carbocycles. The number of amides is 2. The van der Waals surface area contributed by atoms with Crippen molar-refractivity contribution in [2.24, 2.45) is 5.92 Å². The van der Waals surface area contributed by atoms with Crippen LogP contribution in [0.2, 0.25) is 0 Å². The monoisotopic (exact) mass is 365 g/mol. The van der Waals surface area contributed by atoms with Crippen LogP contribution in [0.1, 0.15) is 36.0 Å². The Morgan fingerprint density at radius 2 is 1.92 bits per heavy atom. The summed E-state index contributed by atoms with van der Waals surface area (Å²) in [6.07, 6.45) is 2.40. The Hall–Kier alpha value is -1.59. The first-order valence-corrected chi connectivity index (χ1v) is 8.85. The van der Waals surface area contributed by atoms with Crippen LogP contribution in [-0.4, -0.2) is 37.5 Å². The number of carbonyl (C=O) groups excluding carboxylic acids is 2. The van der Waals surface area contributed by atoms with Gasteiger partial charge in [0.15, 0.2) is 0 Å². The van der Waals surface area contributed by atoms with Crippen LogP contribution in [0.4, 0.5) is 5.69 Å². The van der Waals surface area contributed by atoms with E-state index in [1.54, 1.807) is 4.90 Å². The van der Waals surface area contributed by atoms with Crippen molar-refractivity contribution in [2.75, 3.05) is 24.5 Å². The maximum Gasteiger partial charge on any atom is 0.227 e. The van der Waals surface area contributed by atoms with Gasteiger partial charge in [-0.2, -0.15) is 0 Å². The van der Waals surface area contributed by atoms with E-state index in [1.807, 2.05) is 13.8 Å². The van der Waals surface area contributed by atoms with Crippen molar-refractivity contribution in [1.82, 2.24) is 10.6 Å². The molecule has 3 rings (SSSR count). The lowest BCUT2D eigenvalue weighted by Crippen LogP contribution is -2.47. The van der Waals surface area contributed by atoms with Gasteiger partial charge in [0, 0.05) is 31.2 Å². The van der Waals surface area contributed by atoms with E-state index >= 15 is 0 Å². The molecule has 2 unspecified atom stereocenters. The fourth-order valence-electron chi connectivity index (χ4n) is 3.99. The highest BCUT2D eigenvalue weighted by atomic mass is 35.5. The summed E-state index contributed by atoms with van der Waals surface area (Å²) < 4.78 is 0. The Bertz CT molecular complexity index is 633. The molecule has 2 fully saturated rings. The van der Waals surface area contributed by atoms with Crippen molar-refractivity contribution in [2.45, 2.75) is 46.1 Å². The van der Waals surface area contributed by atoms with Crippen LogP contribution in [-0.2, 0) is 9.59 Å². The first kappa shape index (κ1) is 19.7. The third-order valence-corrected chi connectivity index (χ3v) is 5.04. The van der Waals surface area contributed by atoms with E-state index in [1.165, 1.54) is 5.56 Å². The maximum absolute atomic E-state index is 12.5. The fraction of sp³-hybridized carbons (Fsp3) is 0.579. The fourth-order valence-corrected chi connectivity index (χ4v) is 3.99. The number of nitrogens with zero attached hydrogens (tertiary/aromatic N) is 1. The van der Waals surface area contributed by atoms with Crippen LogP contribution >= 0.6 is 12.4 Å². The quantitative estimate of drug-likeness (QED) is 0.863. The van der Waals surface area contributed by atoms with E-state index < -0.39 is 0 Å². The molecule has 138 valence electrons. The number of rotatable bonds is 3. The summed E-state index contributed by atoms with van der Waals surface area (Å²) in [5.74, 6) is -0.187. The standard InChI is InChI=1S/C19H27N3O2.ClH/c1-12-7-13(2)18(14(3)8-12)22-11-15(9-17(22)23)19(24)21-16-5-4-6-20-10-16;/h7-8,15-16,20H,4-6,9-11H2,1-3H3,(H,21,24);1H. The van der Waals surface area contributed by atoms with Gasteiger partial charge in [0.25, 0.3) is 0 Å². The molecule has 0 saturated carbocycles. The van der Waals surface area contributed by atoms with Gasteiger partial charge in [0.2, 0.25) is 11.8 Å². The van der Waals surface area contributed by atoms with Crippen molar-refractivity contribution < 1.29 is 9.59 Å². The normalized spacial score (nSPS) is 23.3. The van der Waals surface area contributed by atoms with Gasteiger partial charge in [-0.25, -0.2) is 0 Å². The first-order valence-electron chi connectivity index (χ1n) is 8.85. The molecule has 2 amide bonds. The molecule has 1 aromatic rings. The smallest absolute Gasteiger partial charge is 0.227 e. The molecule has 0 aliphatic carbocycles. The van der Waals surface area contributed by atoms with Gasteiger partial charge in [-0.1, -0.05) is 17.7 Å². The topological polar surface area (TPSA) is 61.4 Å². The molecule has 6 heteroatoms. The molecule has 0 aromatic heterocycles. The van der Waals surface area contributed by atoms with E-state index in [2.05, 4.69) is 29.7 Å². The summed E-state index contributed by atoms with van der Waals surface area (Å²) in [5.41, 5.74) is 4.36. The number of hydrogen-bond donors (Lipinski definition) is 2. The molecule has 0 spiro atoms. The molecule has 2 aliphatic heterocycles. The number of benzene rings is 1. The minimum absolute atomic E-state index is 0. The highest BCUT2D eigenvalue weighted by Gasteiger charge is 2.36. The number of piperidine rings is 1. The average Bonchev–Trinajstić information content (AvgIpc) is 2.89. The Morgan fingerprint density at radius 3 is 2.52 bits per heavy atom. The lowest BCUT2D eigenvalue weighted by atomic mass is 10.0. The highest BCUT2D eigenvalue weighted by Crippen LogP contribution is 2.32. The number of carbonyl (C=O) groups is 2. The predicted molar refractivity (Wildman–Crippen MR) is 102 cm³/mol. The van der Waals surface area contributed by atoms with Gasteiger partial charge in [-0.05, 0) is 51.3 Å². The summed E-state index contributed by atoms with van der Waals surface area (Å²) in [6.45, 7) is 8.45. The van der Waals surface area contributed by atoms with E-state index in [0.29, 0.717) is 13.0 Å². The van der Waals surface area contributed by atoms with Crippen LogP contribution in [0.15, 0.2) is 12.1 Å². The van der Waals surface area contributed by atoms with Crippen LogP contribution in [0.3, 0.4) is 0 Å². The average molecular weight is 366 g/mol. The summed E-state index contributed by atoms with van der Waals surface area (Å²) in [6, 6.07) is 4.38. The lowest BCUT2D eigenvalue weighted by molar-refractivity contribution is -0.127. The molecule has 0 bridgehead atoms. The predicted octanol–water partition coefficient (Wildman–Crippen LogP) is 2.25. The molecule has 2 aliphatic rings. The van der Waals surface area contributed by atoms with Crippen molar-refractivity contribution in [3.05, 3.63) is 28.8 Å². The second-order valence-electron chi connectivity index (χ2n) is 7.20. The zero-order valence-electron chi connectivity index (χ0n) is 15.2. The molecular formula is C19H28ClN3O2. The van der Waals surface area contributed by atoms with Crippen molar-refractivity contribution in [1.29, 1.82) is 0 Å². The van der Waals surface area contributed by atoms with E-state index in [9.17, 15) is 9.59 Å². The number of anilines is 1. The Balaban J connectivity index is 0.00000225. The van der Waals surface area contributed by atoms with Crippen molar-refractivity contribution >= 4 is 29.9 Å². The van der Waals surface area contributed by atoms with E-state index in [4.69, 9.17) is 0 Å². The van der Waals surface area contributed by atoms with Gasteiger partial charge in [0.05, 0.1) is 5.92 Å². The summed E-state index contributed by atoms with van der Waals surface area (Å²) in [5, 5.41) is 6.41. The summed E-state index contributed by atoms with van der Waals surface area (Å²) in [7, 11) is 0. The first-order chi connectivity index (χ1) is 11.5. The van der Waals surface area contributed by atoms with Crippen LogP contribution < -0.4 is 15.5 Å². The van der Waals surface area contributed by atoms with E-state index in [-0.39, 0.29) is 36.2 Å². The Kier molecular flexibility index (Phi) is 6.47. The Labute approximate surface area is 155 Å². The molecule has 2 N–H and O–H groups in total. The summed E-state index contributed by atoms with van der Waals surface area (Å²) >= 11 is 0. The minimum Gasteiger partial charge on any atom is -0.352 e. The molecule has 2 saturated heterocycles. The van der Waals surface area contributed by atoms with E-state index in [0.717, 1.165) is 42.7 Å². The van der Waals surface area contributed by atoms with Gasteiger partial charge < -0.3 is 15.5 Å².